The number of rotatable bonds is 7. The van der Waals surface area contributed by atoms with Gasteiger partial charge in [-0.25, -0.2) is 0 Å². The molecule has 6 nitrogen and oxygen atoms in total. The third-order valence-corrected chi connectivity index (χ3v) is 6.85. The summed E-state index contributed by atoms with van der Waals surface area (Å²) in [6, 6.07) is 12.4. The van der Waals surface area contributed by atoms with Gasteiger partial charge in [-0.2, -0.15) is 0 Å². The third-order valence-electron chi connectivity index (χ3n) is 4.78. The van der Waals surface area contributed by atoms with Gasteiger partial charge in [-0.05, 0) is 64.1 Å². The number of hydrogen-bond donors (Lipinski definition) is 0. The molecule has 0 atom stereocenters. The van der Waals surface area contributed by atoms with Crippen LogP contribution in [0.5, 0.6) is 11.5 Å². The molecule has 0 N–H and O–H groups in total. The highest BCUT2D eigenvalue weighted by molar-refractivity contribution is 7.16. The maximum atomic E-state index is 5.65. The van der Waals surface area contributed by atoms with Gasteiger partial charge in [-0.1, -0.05) is 22.7 Å². The Bertz CT molecular complexity index is 1210. The van der Waals surface area contributed by atoms with E-state index in [1.165, 1.54) is 0 Å². The molecule has 2 aromatic heterocycles. The fourth-order valence-corrected chi connectivity index (χ4v) is 5.62. The van der Waals surface area contributed by atoms with Gasteiger partial charge in [0.2, 0.25) is 9.60 Å². The first kappa shape index (κ1) is 20.7. The van der Waals surface area contributed by atoms with Crippen LogP contribution in [0.4, 0.5) is 0 Å². The van der Waals surface area contributed by atoms with Crippen LogP contribution in [0.15, 0.2) is 46.6 Å². The van der Waals surface area contributed by atoms with E-state index in [1.54, 1.807) is 22.7 Å². The number of thiazole rings is 2. The van der Waals surface area contributed by atoms with Crippen molar-refractivity contribution in [2.45, 2.75) is 40.8 Å². The second-order valence-corrected chi connectivity index (χ2v) is 8.60. The van der Waals surface area contributed by atoms with Crippen LogP contribution in [0.25, 0.3) is 20.4 Å². The Morgan fingerprint density at radius 3 is 1.50 bits per heavy atom. The molecule has 0 amide bonds. The first-order chi connectivity index (χ1) is 14.7. The topological polar surface area (TPSA) is 53.0 Å². The number of hydrogen-bond acceptors (Lipinski definition) is 6. The highest BCUT2D eigenvalue weighted by atomic mass is 32.1. The molecule has 2 heterocycles. The fourth-order valence-electron chi connectivity index (χ4n) is 3.47. The van der Waals surface area contributed by atoms with E-state index in [9.17, 15) is 0 Å². The Labute approximate surface area is 183 Å². The second-order valence-electron chi connectivity index (χ2n) is 6.58. The van der Waals surface area contributed by atoms with Crippen molar-refractivity contribution in [2.24, 2.45) is 10.2 Å². The van der Waals surface area contributed by atoms with E-state index >= 15 is 0 Å². The van der Waals surface area contributed by atoms with Gasteiger partial charge in [0.15, 0.2) is 0 Å². The molecule has 0 aliphatic heterocycles. The molecule has 0 aliphatic rings. The normalized spacial score (nSPS) is 12.9. The maximum Gasteiger partial charge on any atom is 0.211 e. The first-order valence-electron chi connectivity index (χ1n) is 10.3. The van der Waals surface area contributed by atoms with Gasteiger partial charge in [0.05, 0.1) is 33.6 Å². The SMILES string of the molecule is CCOc1ccc2c(c1)s/c(=N\N=c1\sc3cc(OCC)ccc3n1CC)n2CC. The fraction of sp³-hybridized carbons (Fsp3) is 0.364. The predicted molar refractivity (Wildman–Crippen MR) is 124 cm³/mol. The van der Waals surface area contributed by atoms with Crippen LogP contribution in [-0.2, 0) is 13.1 Å². The van der Waals surface area contributed by atoms with E-state index in [0.29, 0.717) is 13.2 Å². The lowest BCUT2D eigenvalue weighted by Crippen LogP contribution is -2.16. The Morgan fingerprint density at radius 2 is 1.13 bits per heavy atom. The highest BCUT2D eigenvalue weighted by Crippen LogP contribution is 2.24. The number of ether oxygens (including phenoxy) is 2. The number of benzene rings is 2. The molecule has 30 heavy (non-hydrogen) atoms. The summed E-state index contributed by atoms with van der Waals surface area (Å²) in [4.78, 5) is 1.77. The molecule has 2 aromatic carbocycles. The zero-order valence-corrected chi connectivity index (χ0v) is 19.3. The molecule has 8 heteroatoms. The van der Waals surface area contributed by atoms with Crippen LogP contribution >= 0.6 is 22.7 Å². The van der Waals surface area contributed by atoms with Crippen LogP contribution in [0, 0.1) is 0 Å². The molecular formula is C22H26N4O2S2. The summed E-state index contributed by atoms with van der Waals surface area (Å²) in [6.07, 6.45) is 0. The molecule has 0 aliphatic carbocycles. The minimum atomic E-state index is 0.658. The van der Waals surface area contributed by atoms with Gasteiger partial charge in [0, 0.05) is 13.1 Å². The summed E-state index contributed by atoms with van der Waals surface area (Å²) < 4.78 is 18.0. The van der Waals surface area contributed by atoms with Crippen LogP contribution < -0.4 is 19.1 Å². The lowest BCUT2D eigenvalue weighted by Gasteiger charge is -2.03. The van der Waals surface area contributed by atoms with Gasteiger partial charge >= 0.3 is 0 Å². The first-order valence-corrected chi connectivity index (χ1v) is 11.9. The summed E-state index contributed by atoms with van der Waals surface area (Å²) in [5.41, 5.74) is 2.31. The Hall–Kier alpha value is -2.58. The van der Waals surface area contributed by atoms with E-state index in [4.69, 9.17) is 9.47 Å². The largest absolute Gasteiger partial charge is 0.494 e. The van der Waals surface area contributed by atoms with Crippen LogP contribution in [0.3, 0.4) is 0 Å². The van der Waals surface area contributed by atoms with E-state index in [1.807, 2.05) is 26.0 Å². The lowest BCUT2D eigenvalue weighted by atomic mass is 10.3. The quantitative estimate of drug-likeness (QED) is 0.379. The van der Waals surface area contributed by atoms with Crippen molar-refractivity contribution in [3.05, 3.63) is 46.0 Å². The van der Waals surface area contributed by atoms with E-state index in [-0.39, 0.29) is 0 Å². The molecule has 4 aromatic rings. The predicted octanol–water partition coefficient (Wildman–Crippen LogP) is 4.97. The molecular weight excluding hydrogens is 416 g/mol. The molecule has 0 saturated heterocycles. The van der Waals surface area contributed by atoms with Crippen molar-refractivity contribution < 1.29 is 9.47 Å². The Kier molecular flexibility index (Phi) is 6.24. The van der Waals surface area contributed by atoms with E-state index in [2.05, 4.69) is 57.4 Å². The van der Waals surface area contributed by atoms with Crippen LogP contribution in [0.1, 0.15) is 27.7 Å². The van der Waals surface area contributed by atoms with Crippen LogP contribution in [-0.4, -0.2) is 22.3 Å². The molecule has 0 fully saturated rings. The monoisotopic (exact) mass is 442 g/mol. The summed E-state index contributed by atoms with van der Waals surface area (Å²) >= 11 is 3.27. The highest BCUT2D eigenvalue weighted by Gasteiger charge is 2.08. The van der Waals surface area contributed by atoms with Crippen molar-refractivity contribution in [1.29, 1.82) is 0 Å². The number of aryl methyl sites for hydroxylation is 2. The molecule has 0 spiro atoms. The number of nitrogens with zero attached hydrogens (tertiary/aromatic N) is 4. The molecule has 4 rings (SSSR count). The van der Waals surface area contributed by atoms with Gasteiger partial charge < -0.3 is 18.6 Å². The molecule has 0 radical (unpaired) electrons. The van der Waals surface area contributed by atoms with E-state index in [0.717, 1.165) is 54.6 Å². The van der Waals surface area contributed by atoms with Crippen molar-refractivity contribution in [2.75, 3.05) is 13.2 Å². The van der Waals surface area contributed by atoms with Crippen molar-refractivity contribution in [3.8, 4) is 11.5 Å². The average Bonchev–Trinajstić information content (AvgIpc) is 3.28. The van der Waals surface area contributed by atoms with Crippen LogP contribution in [0.2, 0.25) is 0 Å². The molecule has 0 bridgehead atoms. The van der Waals surface area contributed by atoms with E-state index < -0.39 is 0 Å². The van der Waals surface area contributed by atoms with Gasteiger partial charge in [-0.3, -0.25) is 0 Å². The minimum Gasteiger partial charge on any atom is -0.494 e. The molecule has 0 unspecified atom stereocenters. The van der Waals surface area contributed by atoms with Gasteiger partial charge in [-0.15, -0.1) is 10.2 Å². The summed E-state index contributed by atoms with van der Waals surface area (Å²) in [7, 11) is 0. The average molecular weight is 443 g/mol. The Balaban J connectivity index is 1.85. The maximum absolute atomic E-state index is 5.65. The van der Waals surface area contributed by atoms with Crippen molar-refractivity contribution in [3.63, 3.8) is 0 Å². The summed E-state index contributed by atoms with van der Waals surface area (Å²) in [6.45, 7) is 11.2. The van der Waals surface area contributed by atoms with Gasteiger partial charge in [0.1, 0.15) is 11.5 Å². The number of aromatic nitrogens is 2. The summed E-state index contributed by atoms with van der Waals surface area (Å²) in [5.74, 6) is 1.77. The molecule has 158 valence electrons. The smallest absolute Gasteiger partial charge is 0.211 e. The molecule has 0 saturated carbocycles. The zero-order valence-electron chi connectivity index (χ0n) is 17.7. The summed E-state index contributed by atoms with van der Waals surface area (Å²) in [5, 5.41) is 9.29. The van der Waals surface area contributed by atoms with Gasteiger partial charge in [0.25, 0.3) is 0 Å². The van der Waals surface area contributed by atoms with Crippen molar-refractivity contribution >= 4 is 43.1 Å². The Morgan fingerprint density at radius 1 is 0.700 bits per heavy atom. The second kappa shape index (κ2) is 9.06. The van der Waals surface area contributed by atoms with Crippen molar-refractivity contribution in [1.82, 2.24) is 9.13 Å². The zero-order chi connectivity index (χ0) is 21.1. The third kappa shape index (κ3) is 3.89. The number of fused-ring (bicyclic) bond motifs is 2. The lowest BCUT2D eigenvalue weighted by molar-refractivity contribution is 0.340. The standard InChI is InChI=1S/C22H26N4O2S2/c1-5-25-17-11-9-15(27-7-3)13-19(17)29-21(25)23-24-22-26(6-2)18-12-10-16(28-8-4)14-20(18)30-22/h9-14H,5-8H2,1-4H3/b23-21-,24-22+. The minimum absolute atomic E-state index is 0.658.